The predicted octanol–water partition coefficient (Wildman–Crippen LogP) is 4.44. The van der Waals surface area contributed by atoms with Crippen molar-refractivity contribution in [2.45, 2.75) is 39.2 Å². The second kappa shape index (κ2) is 5.45. The Bertz CT molecular complexity index is 870. The van der Waals surface area contributed by atoms with Gasteiger partial charge < -0.3 is 19.7 Å². The Kier molecular flexibility index (Phi) is 3.46. The van der Waals surface area contributed by atoms with Gasteiger partial charge in [-0.05, 0) is 63.5 Å². The first-order chi connectivity index (χ1) is 11.8. The Morgan fingerprint density at radius 1 is 1.12 bits per heavy atom. The van der Waals surface area contributed by atoms with Crippen molar-refractivity contribution in [1.29, 1.82) is 0 Å². The van der Waals surface area contributed by atoms with Gasteiger partial charge in [-0.15, -0.1) is 0 Å². The van der Waals surface area contributed by atoms with Crippen LogP contribution in [0.1, 0.15) is 42.5 Å². The van der Waals surface area contributed by atoms with Crippen molar-refractivity contribution in [1.82, 2.24) is 0 Å². The zero-order chi connectivity index (χ0) is 17.8. The Hall–Kier alpha value is -2.62. The third-order valence-corrected chi connectivity index (χ3v) is 4.93. The number of phenolic OH excluding ortho intramolecular Hbond substituents is 2. The van der Waals surface area contributed by atoms with Crippen LogP contribution in [-0.2, 0) is 6.42 Å². The maximum atomic E-state index is 10.2. The zero-order valence-corrected chi connectivity index (χ0v) is 14.7. The zero-order valence-electron chi connectivity index (χ0n) is 14.7. The van der Waals surface area contributed by atoms with Gasteiger partial charge in [0.15, 0.2) is 0 Å². The molecule has 4 heteroatoms. The molecule has 2 N–H and O–H groups in total. The van der Waals surface area contributed by atoms with Crippen molar-refractivity contribution in [3.05, 3.63) is 46.5 Å². The molecule has 0 unspecified atom stereocenters. The molecule has 0 radical (unpaired) electrons. The van der Waals surface area contributed by atoms with Crippen LogP contribution in [0.2, 0.25) is 0 Å². The molecule has 4 nitrogen and oxygen atoms in total. The molecule has 4 rings (SSSR count). The van der Waals surface area contributed by atoms with E-state index in [1.807, 2.05) is 19.1 Å². The number of benzene rings is 2. The topological polar surface area (TPSA) is 58.9 Å². The van der Waals surface area contributed by atoms with E-state index in [1.54, 1.807) is 6.07 Å². The van der Waals surface area contributed by atoms with Gasteiger partial charge in [0, 0.05) is 28.3 Å². The number of aryl methyl sites for hydroxylation is 1. The van der Waals surface area contributed by atoms with Crippen molar-refractivity contribution in [3.8, 4) is 23.0 Å². The quantitative estimate of drug-likeness (QED) is 0.807. The van der Waals surface area contributed by atoms with Crippen molar-refractivity contribution in [3.63, 3.8) is 0 Å². The second-order valence-corrected chi connectivity index (χ2v) is 7.44. The van der Waals surface area contributed by atoms with Crippen molar-refractivity contribution in [2.24, 2.45) is 0 Å². The average Bonchev–Trinajstić information content (AvgIpc) is 2.52. The molecule has 0 saturated carbocycles. The van der Waals surface area contributed by atoms with Crippen LogP contribution in [0, 0.1) is 6.92 Å². The summed E-state index contributed by atoms with van der Waals surface area (Å²) in [5.74, 6) is 1.91. The highest BCUT2D eigenvalue weighted by Crippen LogP contribution is 2.44. The van der Waals surface area contributed by atoms with E-state index in [0.29, 0.717) is 6.61 Å². The maximum Gasteiger partial charge on any atom is 0.133 e. The first-order valence-corrected chi connectivity index (χ1v) is 8.55. The van der Waals surface area contributed by atoms with Crippen molar-refractivity contribution < 1.29 is 19.7 Å². The van der Waals surface area contributed by atoms with Gasteiger partial charge in [0.05, 0.1) is 0 Å². The fourth-order valence-corrected chi connectivity index (χ4v) is 3.71. The molecule has 2 aliphatic heterocycles. The standard InChI is InChI=1S/C21H22O4/c1-12-8-15(22)10-17(23)19(12)14-9-13-4-5-18-16(20(13)24-11-14)6-7-21(2,3)25-18/h4-5,8-10,22-23H,6-7,11H2,1-3H3. The number of aromatic hydroxyl groups is 2. The van der Waals surface area contributed by atoms with E-state index >= 15 is 0 Å². The van der Waals surface area contributed by atoms with Gasteiger partial charge in [0.1, 0.15) is 35.2 Å². The minimum Gasteiger partial charge on any atom is -0.508 e. The van der Waals surface area contributed by atoms with E-state index in [9.17, 15) is 10.2 Å². The number of ether oxygens (including phenoxy) is 2. The lowest BCUT2D eigenvalue weighted by molar-refractivity contribution is 0.0834. The van der Waals surface area contributed by atoms with Crippen LogP contribution >= 0.6 is 0 Å². The van der Waals surface area contributed by atoms with Gasteiger partial charge in [0.25, 0.3) is 0 Å². The number of fused-ring (bicyclic) bond motifs is 3. The van der Waals surface area contributed by atoms with Crippen LogP contribution in [0.25, 0.3) is 11.6 Å². The largest absolute Gasteiger partial charge is 0.508 e. The molecule has 0 bridgehead atoms. The number of phenols is 2. The second-order valence-electron chi connectivity index (χ2n) is 7.44. The van der Waals surface area contributed by atoms with E-state index in [4.69, 9.17) is 9.47 Å². The molecule has 2 aliphatic rings. The minimum atomic E-state index is -0.147. The summed E-state index contributed by atoms with van der Waals surface area (Å²) in [5, 5.41) is 19.9. The third-order valence-electron chi connectivity index (χ3n) is 4.93. The van der Waals surface area contributed by atoms with E-state index in [-0.39, 0.29) is 17.1 Å². The first-order valence-electron chi connectivity index (χ1n) is 8.55. The summed E-state index contributed by atoms with van der Waals surface area (Å²) in [6.45, 7) is 6.45. The molecule has 25 heavy (non-hydrogen) atoms. The molecular formula is C21H22O4. The molecule has 0 aromatic heterocycles. The van der Waals surface area contributed by atoms with Gasteiger partial charge in [-0.1, -0.05) is 0 Å². The van der Waals surface area contributed by atoms with Crippen LogP contribution in [0.3, 0.4) is 0 Å². The average molecular weight is 338 g/mol. The first kappa shape index (κ1) is 15.9. The minimum absolute atomic E-state index is 0.0605. The Balaban J connectivity index is 1.78. The summed E-state index contributed by atoms with van der Waals surface area (Å²) in [6.07, 6.45) is 3.93. The summed E-state index contributed by atoms with van der Waals surface area (Å²) >= 11 is 0. The van der Waals surface area contributed by atoms with Crippen LogP contribution in [0.15, 0.2) is 24.3 Å². The molecule has 2 aromatic carbocycles. The SMILES string of the molecule is Cc1cc(O)cc(O)c1C1=Cc2ccc3c(c2OC1)CCC(C)(C)O3. The van der Waals surface area contributed by atoms with Gasteiger partial charge in [-0.3, -0.25) is 0 Å². The van der Waals surface area contributed by atoms with Gasteiger partial charge >= 0.3 is 0 Å². The van der Waals surface area contributed by atoms with Gasteiger partial charge in [-0.25, -0.2) is 0 Å². The molecule has 0 spiro atoms. The molecule has 2 aromatic rings. The molecule has 0 saturated heterocycles. The third kappa shape index (κ3) is 2.72. The van der Waals surface area contributed by atoms with Crippen LogP contribution in [0.5, 0.6) is 23.0 Å². The summed E-state index contributed by atoms with van der Waals surface area (Å²) in [7, 11) is 0. The highest BCUT2D eigenvalue weighted by Gasteiger charge is 2.30. The van der Waals surface area contributed by atoms with Crippen molar-refractivity contribution >= 4 is 11.6 Å². The molecule has 2 heterocycles. The van der Waals surface area contributed by atoms with Crippen LogP contribution < -0.4 is 9.47 Å². The molecule has 0 atom stereocenters. The molecule has 0 amide bonds. The van der Waals surface area contributed by atoms with E-state index in [2.05, 4.69) is 19.9 Å². The maximum absolute atomic E-state index is 10.2. The summed E-state index contributed by atoms with van der Waals surface area (Å²) in [5.41, 5.74) is 4.41. The molecule has 130 valence electrons. The lowest BCUT2D eigenvalue weighted by atomic mass is 9.90. The molecule has 0 fully saturated rings. The highest BCUT2D eigenvalue weighted by molar-refractivity contribution is 5.89. The van der Waals surface area contributed by atoms with E-state index in [0.717, 1.165) is 52.2 Å². The van der Waals surface area contributed by atoms with Gasteiger partial charge in [0.2, 0.25) is 0 Å². The molecule has 0 aliphatic carbocycles. The number of rotatable bonds is 1. The number of hydrogen-bond donors (Lipinski definition) is 2. The fraction of sp³-hybridized carbons (Fsp3) is 0.333. The highest BCUT2D eigenvalue weighted by atomic mass is 16.5. The lowest BCUT2D eigenvalue weighted by Gasteiger charge is -2.34. The van der Waals surface area contributed by atoms with E-state index in [1.165, 1.54) is 6.07 Å². The summed E-state index contributed by atoms with van der Waals surface area (Å²) in [4.78, 5) is 0. The fourth-order valence-electron chi connectivity index (χ4n) is 3.71. The normalized spacial score (nSPS) is 17.6. The van der Waals surface area contributed by atoms with Crippen LogP contribution in [-0.4, -0.2) is 22.4 Å². The lowest BCUT2D eigenvalue weighted by Crippen LogP contribution is -2.33. The predicted molar refractivity (Wildman–Crippen MR) is 97.3 cm³/mol. The Labute approximate surface area is 147 Å². The van der Waals surface area contributed by atoms with Crippen LogP contribution in [0.4, 0.5) is 0 Å². The Morgan fingerprint density at radius 2 is 1.92 bits per heavy atom. The monoisotopic (exact) mass is 338 g/mol. The Morgan fingerprint density at radius 3 is 2.68 bits per heavy atom. The van der Waals surface area contributed by atoms with Crippen molar-refractivity contribution in [2.75, 3.05) is 6.61 Å². The summed E-state index contributed by atoms with van der Waals surface area (Å²) in [6, 6.07) is 7.01. The van der Waals surface area contributed by atoms with Gasteiger partial charge in [-0.2, -0.15) is 0 Å². The summed E-state index contributed by atoms with van der Waals surface area (Å²) < 4.78 is 12.2. The van der Waals surface area contributed by atoms with E-state index < -0.39 is 0 Å². The smallest absolute Gasteiger partial charge is 0.133 e. The molecular weight excluding hydrogens is 316 g/mol. The number of hydrogen-bond acceptors (Lipinski definition) is 4.